The summed E-state index contributed by atoms with van der Waals surface area (Å²) in [6.07, 6.45) is 2.91. The van der Waals surface area contributed by atoms with E-state index in [2.05, 4.69) is 9.97 Å². The van der Waals surface area contributed by atoms with Crippen LogP contribution in [0.4, 0.5) is 0 Å². The van der Waals surface area contributed by atoms with E-state index in [1.807, 2.05) is 25.1 Å². The van der Waals surface area contributed by atoms with Crippen LogP contribution in [0.2, 0.25) is 5.02 Å². The molecule has 1 aromatic heterocycles. The molecule has 0 radical (unpaired) electrons. The van der Waals surface area contributed by atoms with Gasteiger partial charge in [-0.25, -0.2) is 9.97 Å². The van der Waals surface area contributed by atoms with Gasteiger partial charge in [0, 0.05) is 23.2 Å². The van der Waals surface area contributed by atoms with Gasteiger partial charge >= 0.3 is 0 Å². The molecule has 0 saturated heterocycles. The third-order valence-electron chi connectivity index (χ3n) is 2.39. The minimum atomic E-state index is -0.617. The van der Waals surface area contributed by atoms with Crippen LogP contribution < -0.4 is 0 Å². The molecule has 0 aliphatic rings. The molecule has 0 spiro atoms. The summed E-state index contributed by atoms with van der Waals surface area (Å²) in [4.78, 5) is 8.35. The first-order chi connectivity index (χ1) is 8.66. The molecule has 0 bridgehead atoms. The third kappa shape index (κ3) is 3.45. The molecule has 0 amide bonds. The number of aliphatic hydroxyl groups excluding tert-OH is 1. The second-order valence-electron chi connectivity index (χ2n) is 3.89. The molecular formula is C13H13ClN2OS. The van der Waals surface area contributed by atoms with Crippen LogP contribution >= 0.6 is 23.4 Å². The van der Waals surface area contributed by atoms with Gasteiger partial charge in [-0.15, -0.1) is 0 Å². The van der Waals surface area contributed by atoms with E-state index >= 15 is 0 Å². The fourth-order valence-corrected chi connectivity index (χ4v) is 2.45. The summed E-state index contributed by atoms with van der Waals surface area (Å²) in [5.41, 5.74) is 1.75. The molecule has 1 N–H and O–H groups in total. The van der Waals surface area contributed by atoms with Gasteiger partial charge in [-0.1, -0.05) is 41.6 Å². The third-order valence-corrected chi connectivity index (χ3v) is 3.69. The number of aromatic nitrogens is 2. The van der Waals surface area contributed by atoms with Crippen molar-refractivity contribution >= 4 is 23.4 Å². The monoisotopic (exact) mass is 280 g/mol. The predicted octanol–water partition coefficient (Wildman–Crippen LogP) is 3.26. The summed E-state index contributed by atoms with van der Waals surface area (Å²) < 4.78 is 0. The van der Waals surface area contributed by atoms with E-state index in [0.717, 1.165) is 11.1 Å². The van der Waals surface area contributed by atoms with Gasteiger partial charge in [-0.2, -0.15) is 0 Å². The van der Waals surface area contributed by atoms with E-state index in [4.69, 9.17) is 11.6 Å². The van der Waals surface area contributed by atoms with E-state index < -0.39 is 6.10 Å². The summed E-state index contributed by atoms with van der Waals surface area (Å²) in [5.74, 6) is 0.479. The summed E-state index contributed by atoms with van der Waals surface area (Å²) in [6, 6.07) is 7.29. The molecule has 2 aromatic rings. The molecule has 0 aliphatic heterocycles. The lowest BCUT2D eigenvalue weighted by atomic mass is 10.1. The lowest BCUT2D eigenvalue weighted by Crippen LogP contribution is -2.02. The number of benzene rings is 1. The molecule has 5 heteroatoms. The van der Waals surface area contributed by atoms with Crippen molar-refractivity contribution in [2.24, 2.45) is 0 Å². The second kappa shape index (κ2) is 6.18. The number of thioether (sulfide) groups is 1. The first kappa shape index (κ1) is 13.3. The highest BCUT2D eigenvalue weighted by atomic mass is 35.5. The molecule has 0 saturated carbocycles. The smallest absolute Gasteiger partial charge is 0.187 e. The Morgan fingerprint density at radius 2 is 1.94 bits per heavy atom. The lowest BCUT2D eigenvalue weighted by molar-refractivity contribution is 0.204. The van der Waals surface area contributed by atoms with Gasteiger partial charge < -0.3 is 5.11 Å². The molecule has 0 fully saturated rings. The highest BCUT2D eigenvalue weighted by Crippen LogP contribution is 2.27. The van der Waals surface area contributed by atoms with E-state index in [1.165, 1.54) is 11.8 Å². The fourth-order valence-electron chi connectivity index (χ4n) is 1.44. The van der Waals surface area contributed by atoms with Gasteiger partial charge in [-0.05, 0) is 24.1 Å². The van der Waals surface area contributed by atoms with Gasteiger partial charge in [0.1, 0.15) is 0 Å². The number of hydrogen-bond donors (Lipinski definition) is 1. The molecular weight excluding hydrogens is 268 g/mol. The van der Waals surface area contributed by atoms with Crippen molar-refractivity contribution in [1.82, 2.24) is 9.97 Å². The van der Waals surface area contributed by atoms with Crippen molar-refractivity contribution in [2.75, 3.05) is 5.75 Å². The molecule has 0 aliphatic carbocycles. The van der Waals surface area contributed by atoms with Crippen LogP contribution in [0.25, 0.3) is 0 Å². The molecule has 18 heavy (non-hydrogen) atoms. The van der Waals surface area contributed by atoms with Crippen LogP contribution in [-0.2, 0) is 0 Å². The zero-order valence-corrected chi connectivity index (χ0v) is 11.4. The maximum absolute atomic E-state index is 10.1. The van der Waals surface area contributed by atoms with Gasteiger partial charge in [0.2, 0.25) is 0 Å². The molecule has 2 rings (SSSR count). The van der Waals surface area contributed by atoms with Crippen molar-refractivity contribution in [3.63, 3.8) is 0 Å². The van der Waals surface area contributed by atoms with Crippen LogP contribution in [0.1, 0.15) is 17.2 Å². The van der Waals surface area contributed by atoms with Gasteiger partial charge in [0.15, 0.2) is 5.16 Å². The van der Waals surface area contributed by atoms with E-state index in [-0.39, 0.29) is 0 Å². The first-order valence-corrected chi connectivity index (χ1v) is 6.87. The lowest BCUT2D eigenvalue weighted by Gasteiger charge is -2.11. The number of aryl methyl sites for hydroxylation is 1. The molecule has 1 aromatic carbocycles. The Kier molecular flexibility index (Phi) is 4.58. The van der Waals surface area contributed by atoms with Crippen LogP contribution in [0.3, 0.4) is 0 Å². The van der Waals surface area contributed by atoms with Gasteiger partial charge in [0.05, 0.1) is 6.10 Å². The van der Waals surface area contributed by atoms with Crippen molar-refractivity contribution in [3.8, 4) is 0 Å². The number of rotatable bonds is 4. The minimum absolute atomic E-state index is 0.479. The quantitative estimate of drug-likeness (QED) is 0.690. The number of aliphatic hydroxyl groups is 1. The van der Waals surface area contributed by atoms with E-state index in [1.54, 1.807) is 18.5 Å². The SMILES string of the molecule is Cc1cnc(SCC(O)c2ccccc2Cl)nc1. The Hall–Kier alpha value is -1.10. The Morgan fingerprint density at radius 3 is 2.61 bits per heavy atom. The van der Waals surface area contributed by atoms with Crippen LogP contribution in [0.15, 0.2) is 41.8 Å². The summed E-state index contributed by atoms with van der Waals surface area (Å²) in [6.45, 7) is 1.94. The highest BCUT2D eigenvalue weighted by Gasteiger charge is 2.12. The second-order valence-corrected chi connectivity index (χ2v) is 5.29. The Labute approximate surface area is 115 Å². The Morgan fingerprint density at radius 1 is 1.28 bits per heavy atom. The van der Waals surface area contributed by atoms with Gasteiger partial charge in [-0.3, -0.25) is 0 Å². The van der Waals surface area contributed by atoms with E-state index in [0.29, 0.717) is 15.9 Å². The zero-order chi connectivity index (χ0) is 13.0. The zero-order valence-electron chi connectivity index (χ0n) is 9.88. The van der Waals surface area contributed by atoms with Crippen molar-refractivity contribution in [2.45, 2.75) is 18.2 Å². The van der Waals surface area contributed by atoms with Crippen molar-refractivity contribution in [3.05, 3.63) is 52.8 Å². The Balaban J connectivity index is 1.98. The number of nitrogens with zero attached hydrogens (tertiary/aromatic N) is 2. The molecule has 3 nitrogen and oxygen atoms in total. The average Bonchev–Trinajstić information content (AvgIpc) is 2.38. The topological polar surface area (TPSA) is 46.0 Å². The largest absolute Gasteiger partial charge is 0.387 e. The molecule has 1 atom stereocenters. The molecule has 1 heterocycles. The first-order valence-electron chi connectivity index (χ1n) is 5.51. The number of hydrogen-bond acceptors (Lipinski definition) is 4. The summed E-state index contributed by atoms with van der Waals surface area (Å²) >= 11 is 7.43. The van der Waals surface area contributed by atoms with Crippen LogP contribution in [0, 0.1) is 6.92 Å². The highest BCUT2D eigenvalue weighted by molar-refractivity contribution is 7.99. The minimum Gasteiger partial charge on any atom is -0.387 e. The summed E-state index contributed by atoms with van der Waals surface area (Å²) in [7, 11) is 0. The normalized spacial score (nSPS) is 12.4. The summed E-state index contributed by atoms with van der Waals surface area (Å²) in [5, 5.41) is 11.3. The van der Waals surface area contributed by atoms with Crippen LogP contribution in [-0.4, -0.2) is 20.8 Å². The van der Waals surface area contributed by atoms with E-state index in [9.17, 15) is 5.11 Å². The van der Waals surface area contributed by atoms with Crippen LogP contribution in [0.5, 0.6) is 0 Å². The number of halogens is 1. The molecule has 1 unspecified atom stereocenters. The average molecular weight is 281 g/mol. The Bertz CT molecular complexity index is 519. The van der Waals surface area contributed by atoms with Gasteiger partial charge in [0.25, 0.3) is 0 Å². The fraction of sp³-hybridized carbons (Fsp3) is 0.231. The van der Waals surface area contributed by atoms with Crippen molar-refractivity contribution in [1.29, 1.82) is 0 Å². The maximum Gasteiger partial charge on any atom is 0.187 e. The van der Waals surface area contributed by atoms with Crippen molar-refractivity contribution < 1.29 is 5.11 Å². The maximum atomic E-state index is 10.1. The molecule has 94 valence electrons. The standard InChI is InChI=1S/C13H13ClN2OS/c1-9-6-15-13(16-7-9)18-8-12(17)10-4-2-3-5-11(10)14/h2-7,12,17H,8H2,1H3. The predicted molar refractivity (Wildman–Crippen MR) is 73.9 cm³/mol.